The van der Waals surface area contributed by atoms with Gasteiger partial charge in [-0.05, 0) is 36.2 Å². The molecule has 0 aliphatic carbocycles. The van der Waals surface area contributed by atoms with E-state index in [-0.39, 0.29) is 5.91 Å². The number of nitrogens with one attached hydrogen (secondary N) is 1. The number of nitrogen functional groups attached to an aromatic ring is 1. The number of hydrogen-bond acceptors (Lipinski definition) is 3. The zero-order valence-electron chi connectivity index (χ0n) is 10.3. The number of nitrogens with zero attached hydrogens (tertiary/aromatic N) is 1. The second-order valence-corrected chi connectivity index (χ2v) is 5.01. The zero-order chi connectivity index (χ0) is 13.7. The van der Waals surface area contributed by atoms with Gasteiger partial charge in [-0.15, -0.1) is 0 Å². The normalized spacial score (nSPS) is 10.2. The third kappa shape index (κ3) is 3.79. The lowest BCUT2D eigenvalue weighted by Crippen LogP contribution is -2.26. The van der Waals surface area contributed by atoms with E-state index in [1.165, 1.54) is 0 Å². The first-order valence-electron chi connectivity index (χ1n) is 5.89. The second kappa shape index (κ2) is 6.33. The predicted octanol–water partition coefficient (Wildman–Crippen LogP) is 2.40. The van der Waals surface area contributed by atoms with Crippen molar-refractivity contribution in [1.29, 1.82) is 0 Å². The Kier molecular flexibility index (Phi) is 4.52. The molecular weight excluding hydrogens is 306 g/mol. The van der Waals surface area contributed by atoms with E-state index in [0.29, 0.717) is 17.8 Å². The molecule has 0 radical (unpaired) electrons. The maximum absolute atomic E-state index is 11.9. The lowest BCUT2D eigenvalue weighted by atomic mass is 10.1. The monoisotopic (exact) mass is 319 g/mol. The topological polar surface area (TPSA) is 68.0 Å². The van der Waals surface area contributed by atoms with Gasteiger partial charge in [0.25, 0.3) is 5.91 Å². The van der Waals surface area contributed by atoms with Crippen LogP contribution < -0.4 is 11.1 Å². The maximum atomic E-state index is 11.9. The van der Waals surface area contributed by atoms with Gasteiger partial charge in [0, 0.05) is 29.1 Å². The van der Waals surface area contributed by atoms with E-state index in [9.17, 15) is 4.79 Å². The highest BCUT2D eigenvalue weighted by Crippen LogP contribution is 2.18. The van der Waals surface area contributed by atoms with E-state index in [2.05, 4.69) is 26.2 Å². The van der Waals surface area contributed by atoms with Crippen LogP contribution in [0.4, 0.5) is 5.69 Å². The fourth-order valence-corrected chi connectivity index (χ4v) is 2.08. The molecule has 0 unspecified atom stereocenters. The quantitative estimate of drug-likeness (QED) is 0.850. The van der Waals surface area contributed by atoms with Crippen LogP contribution in [0.5, 0.6) is 0 Å². The molecule has 0 bridgehead atoms. The number of nitrogens with two attached hydrogens (primary N) is 1. The van der Waals surface area contributed by atoms with Crippen molar-refractivity contribution in [3.63, 3.8) is 0 Å². The smallest absolute Gasteiger partial charge is 0.253 e. The Labute approximate surface area is 120 Å². The summed E-state index contributed by atoms with van der Waals surface area (Å²) in [7, 11) is 0. The number of anilines is 1. The first-order chi connectivity index (χ1) is 9.16. The summed E-state index contributed by atoms with van der Waals surface area (Å²) in [6.07, 6.45) is 4.26. The van der Waals surface area contributed by atoms with E-state index >= 15 is 0 Å². The first kappa shape index (κ1) is 13.5. The van der Waals surface area contributed by atoms with Gasteiger partial charge in [-0.2, -0.15) is 0 Å². The Morgan fingerprint density at radius 2 is 2.21 bits per heavy atom. The van der Waals surface area contributed by atoms with E-state index in [4.69, 9.17) is 5.73 Å². The molecule has 5 heteroatoms. The Morgan fingerprint density at radius 1 is 1.37 bits per heavy atom. The van der Waals surface area contributed by atoms with E-state index in [1.54, 1.807) is 30.6 Å². The van der Waals surface area contributed by atoms with Crippen LogP contribution in [0.3, 0.4) is 0 Å². The van der Waals surface area contributed by atoms with Crippen LogP contribution in [0, 0.1) is 0 Å². The molecule has 1 aromatic heterocycles. The molecule has 0 spiro atoms. The molecule has 4 nitrogen and oxygen atoms in total. The van der Waals surface area contributed by atoms with Crippen molar-refractivity contribution in [3.05, 3.63) is 58.3 Å². The van der Waals surface area contributed by atoms with Gasteiger partial charge < -0.3 is 11.1 Å². The molecule has 1 aromatic carbocycles. The minimum Gasteiger partial charge on any atom is -0.398 e. The summed E-state index contributed by atoms with van der Waals surface area (Å²) in [4.78, 5) is 16.0. The number of rotatable bonds is 4. The van der Waals surface area contributed by atoms with Crippen LogP contribution in [0.15, 0.2) is 47.2 Å². The van der Waals surface area contributed by atoms with Gasteiger partial charge in [-0.25, -0.2) is 0 Å². The number of hydrogen-bond donors (Lipinski definition) is 2. The molecule has 2 aromatic rings. The number of halogens is 1. The van der Waals surface area contributed by atoms with Crippen molar-refractivity contribution in [2.24, 2.45) is 0 Å². The first-order valence-corrected chi connectivity index (χ1v) is 6.68. The number of carbonyl (C=O) groups excluding carboxylic acids is 1. The summed E-state index contributed by atoms with van der Waals surface area (Å²) in [6, 6.07) is 9.08. The molecule has 0 atom stereocenters. The standard InChI is InChI=1S/C14H14BrN3O/c15-11-3-4-12(13(16)8-11)14(19)18-7-5-10-2-1-6-17-9-10/h1-4,6,8-9H,5,7,16H2,(H,18,19). The van der Waals surface area contributed by atoms with Crippen molar-refractivity contribution in [3.8, 4) is 0 Å². The van der Waals surface area contributed by atoms with Crippen molar-refractivity contribution >= 4 is 27.5 Å². The van der Waals surface area contributed by atoms with Crippen LogP contribution in [0.1, 0.15) is 15.9 Å². The highest BCUT2D eigenvalue weighted by molar-refractivity contribution is 9.10. The third-order valence-electron chi connectivity index (χ3n) is 2.68. The number of amides is 1. The van der Waals surface area contributed by atoms with Crippen molar-refractivity contribution in [1.82, 2.24) is 10.3 Å². The van der Waals surface area contributed by atoms with Crippen LogP contribution >= 0.6 is 15.9 Å². The number of pyridine rings is 1. The van der Waals surface area contributed by atoms with E-state index in [0.717, 1.165) is 16.5 Å². The molecular formula is C14H14BrN3O. The average Bonchev–Trinajstić information content (AvgIpc) is 2.39. The minimum atomic E-state index is -0.158. The summed E-state index contributed by atoms with van der Waals surface area (Å²) in [5, 5.41) is 2.85. The number of benzene rings is 1. The average molecular weight is 320 g/mol. The minimum absolute atomic E-state index is 0.158. The molecule has 2 rings (SSSR count). The lowest BCUT2D eigenvalue weighted by Gasteiger charge is -2.07. The van der Waals surface area contributed by atoms with Gasteiger partial charge in [0.15, 0.2) is 0 Å². The summed E-state index contributed by atoms with van der Waals surface area (Å²) < 4.78 is 0.858. The summed E-state index contributed by atoms with van der Waals surface area (Å²) in [6.45, 7) is 0.556. The molecule has 0 fully saturated rings. The summed E-state index contributed by atoms with van der Waals surface area (Å²) >= 11 is 3.31. The van der Waals surface area contributed by atoms with E-state index < -0.39 is 0 Å². The molecule has 3 N–H and O–H groups in total. The van der Waals surface area contributed by atoms with Crippen molar-refractivity contribution < 1.29 is 4.79 Å². The van der Waals surface area contributed by atoms with Gasteiger partial charge >= 0.3 is 0 Å². The van der Waals surface area contributed by atoms with E-state index in [1.807, 2.05) is 12.1 Å². The SMILES string of the molecule is Nc1cc(Br)ccc1C(=O)NCCc1cccnc1. The molecule has 1 amide bonds. The lowest BCUT2D eigenvalue weighted by molar-refractivity contribution is 0.0955. The van der Waals surface area contributed by atoms with Gasteiger partial charge in [0.1, 0.15) is 0 Å². The highest BCUT2D eigenvalue weighted by atomic mass is 79.9. The fraction of sp³-hybridized carbons (Fsp3) is 0.143. The second-order valence-electron chi connectivity index (χ2n) is 4.10. The summed E-state index contributed by atoms with van der Waals surface area (Å²) in [5.74, 6) is -0.158. The molecule has 0 saturated heterocycles. The van der Waals surface area contributed by atoms with Crippen LogP contribution in [0.2, 0.25) is 0 Å². The zero-order valence-corrected chi connectivity index (χ0v) is 11.9. The Balaban J connectivity index is 1.91. The molecule has 1 heterocycles. The third-order valence-corrected chi connectivity index (χ3v) is 3.17. The van der Waals surface area contributed by atoms with Crippen LogP contribution in [-0.2, 0) is 6.42 Å². The molecule has 0 saturated carbocycles. The molecule has 19 heavy (non-hydrogen) atoms. The van der Waals surface area contributed by atoms with Crippen LogP contribution in [0.25, 0.3) is 0 Å². The Bertz CT molecular complexity index is 572. The van der Waals surface area contributed by atoms with Crippen molar-refractivity contribution in [2.75, 3.05) is 12.3 Å². The van der Waals surface area contributed by atoms with Gasteiger partial charge in [0.05, 0.1) is 5.56 Å². The molecule has 0 aliphatic rings. The predicted molar refractivity (Wildman–Crippen MR) is 78.8 cm³/mol. The Morgan fingerprint density at radius 3 is 2.89 bits per heavy atom. The number of carbonyl (C=O) groups is 1. The summed E-state index contributed by atoms with van der Waals surface area (Å²) in [5.41, 5.74) is 7.85. The fourth-order valence-electron chi connectivity index (χ4n) is 1.70. The molecule has 98 valence electrons. The Hall–Kier alpha value is -1.88. The largest absolute Gasteiger partial charge is 0.398 e. The van der Waals surface area contributed by atoms with Crippen molar-refractivity contribution in [2.45, 2.75) is 6.42 Å². The van der Waals surface area contributed by atoms with Gasteiger partial charge in [-0.1, -0.05) is 22.0 Å². The highest BCUT2D eigenvalue weighted by Gasteiger charge is 2.09. The maximum Gasteiger partial charge on any atom is 0.253 e. The van der Waals surface area contributed by atoms with Crippen LogP contribution in [-0.4, -0.2) is 17.4 Å². The van der Waals surface area contributed by atoms with Gasteiger partial charge in [-0.3, -0.25) is 9.78 Å². The van der Waals surface area contributed by atoms with Gasteiger partial charge in [0.2, 0.25) is 0 Å². The molecule has 0 aliphatic heterocycles. The number of aromatic nitrogens is 1.